The Labute approximate surface area is 120 Å². The third-order valence-corrected chi connectivity index (χ3v) is 4.07. The number of hydrogen-bond donors (Lipinski definition) is 0. The van der Waals surface area contributed by atoms with Gasteiger partial charge >= 0.3 is 0 Å². The minimum absolute atomic E-state index is 0.291. The van der Waals surface area contributed by atoms with Gasteiger partial charge in [-0.2, -0.15) is 0 Å². The van der Waals surface area contributed by atoms with Gasteiger partial charge in [0.15, 0.2) is 0 Å². The zero-order chi connectivity index (χ0) is 14.2. The van der Waals surface area contributed by atoms with Crippen molar-refractivity contribution in [2.24, 2.45) is 0 Å². The summed E-state index contributed by atoms with van der Waals surface area (Å²) >= 11 is 6.27. The average Bonchev–Trinajstić information content (AvgIpc) is 2.33. The lowest BCUT2D eigenvalue weighted by molar-refractivity contribution is 0.274. The highest BCUT2D eigenvalue weighted by Gasteiger charge is 2.25. The molecule has 19 heavy (non-hydrogen) atoms. The number of likely N-dealkylation sites (N-methyl/N-ethyl adjacent to an activating group) is 1. The van der Waals surface area contributed by atoms with Crippen LogP contribution in [0.2, 0.25) is 5.15 Å². The molecule has 5 heteroatoms. The average molecular weight is 283 g/mol. The summed E-state index contributed by atoms with van der Waals surface area (Å²) in [4.78, 5) is 13.8. The van der Waals surface area contributed by atoms with Crippen LogP contribution in [0.5, 0.6) is 0 Å². The Morgan fingerprint density at radius 2 is 1.95 bits per heavy atom. The number of halogens is 1. The molecular weight excluding hydrogens is 260 g/mol. The van der Waals surface area contributed by atoms with Gasteiger partial charge in [0, 0.05) is 37.2 Å². The number of anilines is 1. The van der Waals surface area contributed by atoms with Crippen molar-refractivity contribution in [2.45, 2.75) is 39.7 Å². The third-order valence-electron chi connectivity index (χ3n) is 3.70. The van der Waals surface area contributed by atoms with Crippen LogP contribution in [0.3, 0.4) is 0 Å². The van der Waals surface area contributed by atoms with Crippen molar-refractivity contribution in [1.82, 2.24) is 14.9 Å². The first-order valence-electron chi connectivity index (χ1n) is 6.89. The SMILES string of the molecule is Cc1c(Cl)nc(C(C)C)nc1N1CCN(C)CC1C. The van der Waals surface area contributed by atoms with E-state index < -0.39 is 0 Å². The van der Waals surface area contributed by atoms with E-state index in [1.807, 2.05) is 6.92 Å². The largest absolute Gasteiger partial charge is 0.351 e. The molecule has 4 nitrogen and oxygen atoms in total. The van der Waals surface area contributed by atoms with Crippen molar-refractivity contribution in [3.05, 3.63) is 16.5 Å². The molecular formula is C14H23ClN4. The molecule has 0 radical (unpaired) electrons. The molecule has 0 spiro atoms. The van der Waals surface area contributed by atoms with Crippen molar-refractivity contribution in [2.75, 3.05) is 31.6 Å². The minimum Gasteiger partial charge on any atom is -0.351 e. The Balaban J connectivity index is 2.38. The van der Waals surface area contributed by atoms with Crippen LogP contribution in [0, 0.1) is 6.92 Å². The van der Waals surface area contributed by atoms with Crippen molar-refractivity contribution < 1.29 is 0 Å². The van der Waals surface area contributed by atoms with E-state index >= 15 is 0 Å². The third kappa shape index (κ3) is 3.00. The second-order valence-corrected chi connectivity index (χ2v) is 6.14. The summed E-state index contributed by atoms with van der Waals surface area (Å²) in [7, 11) is 2.16. The van der Waals surface area contributed by atoms with Crippen LogP contribution in [-0.2, 0) is 0 Å². The smallest absolute Gasteiger partial charge is 0.137 e. The summed E-state index contributed by atoms with van der Waals surface area (Å²) in [6.07, 6.45) is 0. The first kappa shape index (κ1) is 14.5. The molecule has 2 rings (SSSR count). The van der Waals surface area contributed by atoms with Gasteiger partial charge in [-0.1, -0.05) is 25.4 Å². The van der Waals surface area contributed by atoms with Crippen LogP contribution in [-0.4, -0.2) is 47.6 Å². The summed E-state index contributed by atoms with van der Waals surface area (Å²) in [6, 6.07) is 0.448. The monoisotopic (exact) mass is 282 g/mol. The topological polar surface area (TPSA) is 32.3 Å². The molecule has 1 fully saturated rings. The van der Waals surface area contributed by atoms with Crippen molar-refractivity contribution in [1.29, 1.82) is 0 Å². The Kier molecular flexibility index (Phi) is 4.31. The van der Waals surface area contributed by atoms with Gasteiger partial charge in [0.25, 0.3) is 0 Å². The van der Waals surface area contributed by atoms with Gasteiger partial charge in [-0.3, -0.25) is 0 Å². The number of nitrogens with zero attached hydrogens (tertiary/aromatic N) is 4. The minimum atomic E-state index is 0.291. The van der Waals surface area contributed by atoms with E-state index in [9.17, 15) is 0 Å². The van der Waals surface area contributed by atoms with Crippen molar-refractivity contribution >= 4 is 17.4 Å². The lowest BCUT2D eigenvalue weighted by atomic mass is 10.1. The lowest BCUT2D eigenvalue weighted by Gasteiger charge is -2.39. The normalized spacial score (nSPS) is 21.2. The fourth-order valence-corrected chi connectivity index (χ4v) is 2.66. The lowest BCUT2D eigenvalue weighted by Crippen LogP contribution is -2.51. The zero-order valence-electron chi connectivity index (χ0n) is 12.4. The number of piperazine rings is 1. The molecule has 1 aliphatic rings. The quantitative estimate of drug-likeness (QED) is 0.781. The predicted molar refractivity (Wildman–Crippen MR) is 80.2 cm³/mol. The molecule has 1 aromatic heterocycles. The van der Waals surface area contributed by atoms with E-state index in [4.69, 9.17) is 16.6 Å². The highest BCUT2D eigenvalue weighted by molar-refractivity contribution is 6.30. The maximum atomic E-state index is 6.27. The van der Waals surface area contributed by atoms with Crippen molar-refractivity contribution in [3.63, 3.8) is 0 Å². The molecule has 1 atom stereocenters. The molecule has 0 aromatic carbocycles. The van der Waals surface area contributed by atoms with Gasteiger partial charge in [0.2, 0.25) is 0 Å². The van der Waals surface area contributed by atoms with Crippen LogP contribution < -0.4 is 4.90 Å². The van der Waals surface area contributed by atoms with Gasteiger partial charge < -0.3 is 9.80 Å². The van der Waals surface area contributed by atoms with E-state index in [1.165, 1.54) is 0 Å². The summed E-state index contributed by atoms with van der Waals surface area (Å²) in [5.41, 5.74) is 0.988. The van der Waals surface area contributed by atoms with Crippen LogP contribution in [0.15, 0.2) is 0 Å². The highest BCUT2D eigenvalue weighted by atomic mass is 35.5. The predicted octanol–water partition coefficient (Wildman–Crippen LogP) is 2.70. The first-order chi connectivity index (χ1) is 8.90. The Bertz CT molecular complexity index is 461. The Hall–Kier alpha value is -0.870. The summed E-state index contributed by atoms with van der Waals surface area (Å²) in [5.74, 6) is 2.13. The van der Waals surface area contributed by atoms with E-state index in [0.29, 0.717) is 17.1 Å². The van der Waals surface area contributed by atoms with E-state index in [0.717, 1.165) is 36.8 Å². The molecule has 0 N–H and O–H groups in total. The fraction of sp³-hybridized carbons (Fsp3) is 0.714. The van der Waals surface area contributed by atoms with Gasteiger partial charge in [-0.05, 0) is 20.9 Å². The maximum Gasteiger partial charge on any atom is 0.137 e. The second-order valence-electron chi connectivity index (χ2n) is 5.78. The summed E-state index contributed by atoms with van der Waals surface area (Å²) in [6.45, 7) is 11.5. The second kappa shape index (κ2) is 5.63. The Morgan fingerprint density at radius 1 is 1.26 bits per heavy atom. The standard InChI is InChI=1S/C14H23ClN4/c1-9(2)13-16-12(15)11(4)14(17-13)19-7-6-18(5)8-10(19)3/h9-10H,6-8H2,1-5H3. The van der Waals surface area contributed by atoms with Crippen LogP contribution in [0.1, 0.15) is 38.1 Å². The van der Waals surface area contributed by atoms with E-state index in [2.05, 4.69) is 42.6 Å². The molecule has 0 bridgehead atoms. The summed E-state index contributed by atoms with van der Waals surface area (Å²) in [5, 5.41) is 0.583. The number of rotatable bonds is 2. The van der Waals surface area contributed by atoms with Crippen LogP contribution >= 0.6 is 11.6 Å². The van der Waals surface area contributed by atoms with Crippen LogP contribution in [0.25, 0.3) is 0 Å². The van der Waals surface area contributed by atoms with Gasteiger partial charge in [-0.15, -0.1) is 0 Å². The molecule has 0 amide bonds. The molecule has 0 aliphatic carbocycles. The zero-order valence-corrected chi connectivity index (χ0v) is 13.2. The molecule has 106 valence electrons. The van der Waals surface area contributed by atoms with Crippen LogP contribution in [0.4, 0.5) is 5.82 Å². The van der Waals surface area contributed by atoms with E-state index in [1.54, 1.807) is 0 Å². The molecule has 1 saturated heterocycles. The molecule has 1 aromatic rings. The number of hydrogen-bond acceptors (Lipinski definition) is 4. The molecule has 1 aliphatic heterocycles. The van der Waals surface area contributed by atoms with Gasteiger partial charge in [0.1, 0.15) is 16.8 Å². The first-order valence-corrected chi connectivity index (χ1v) is 7.27. The molecule has 2 heterocycles. The maximum absolute atomic E-state index is 6.27. The van der Waals surface area contributed by atoms with Crippen molar-refractivity contribution in [3.8, 4) is 0 Å². The summed E-state index contributed by atoms with van der Waals surface area (Å²) < 4.78 is 0. The van der Waals surface area contributed by atoms with Gasteiger partial charge in [0.05, 0.1) is 0 Å². The Morgan fingerprint density at radius 3 is 2.53 bits per heavy atom. The van der Waals surface area contributed by atoms with E-state index in [-0.39, 0.29) is 0 Å². The molecule has 1 unspecified atom stereocenters. The number of aromatic nitrogens is 2. The highest BCUT2D eigenvalue weighted by Crippen LogP contribution is 2.28. The van der Waals surface area contributed by atoms with Gasteiger partial charge in [-0.25, -0.2) is 9.97 Å². The fourth-order valence-electron chi connectivity index (χ4n) is 2.49. The molecule has 0 saturated carbocycles.